The Morgan fingerprint density at radius 3 is 3.06 bits per heavy atom. The molecule has 1 aliphatic heterocycles. The zero-order valence-electron chi connectivity index (χ0n) is 9.65. The average Bonchev–Trinajstić information content (AvgIpc) is 2.35. The summed E-state index contributed by atoms with van der Waals surface area (Å²) in [6.07, 6.45) is -0.348. The molecular formula is C12H15ClO4. The van der Waals surface area contributed by atoms with Crippen LogP contribution in [-0.4, -0.2) is 33.2 Å². The van der Waals surface area contributed by atoms with Crippen molar-refractivity contribution in [1.82, 2.24) is 0 Å². The summed E-state index contributed by atoms with van der Waals surface area (Å²) in [5.41, 5.74) is 0.939. The van der Waals surface area contributed by atoms with Crippen LogP contribution in [0.2, 0.25) is 5.02 Å². The second-order valence-corrected chi connectivity index (χ2v) is 4.09. The number of benzene rings is 1. The Labute approximate surface area is 105 Å². The maximum absolute atomic E-state index is 5.94. The molecule has 1 unspecified atom stereocenters. The van der Waals surface area contributed by atoms with E-state index in [0.29, 0.717) is 31.5 Å². The Morgan fingerprint density at radius 1 is 1.35 bits per heavy atom. The normalized spacial score (nSPS) is 21.4. The molecule has 1 aromatic rings. The summed E-state index contributed by atoms with van der Waals surface area (Å²) in [6.45, 7) is 1.76. The van der Waals surface area contributed by atoms with Gasteiger partial charge in [0.1, 0.15) is 12.4 Å². The van der Waals surface area contributed by atoms with E-state index < -0.39 is 0 Å². The van der Waals surface area contributed by atoms with Gasteiger partial charge in [-0.15, -0.1) is 0 Å². The van der Waals surface area contributed by atoms with Crippen LogP contribution in [0, 0.1) is 0 Å². The number of hydrogen-bond acceptors (Lipinski definition) is 4. The standard InChI is InChI=1S/C12H15ClO4/c1-14-12-8-15-7-9-6-10(13)2-3-11(9)16-4-5-17-12/h2-3,6,12H,4-5,7-8H2,1H3. The maximum Gasteiger partial charge on any atom is 0.180 e. The van der Waals surface area contributed by atoms with Crippen LogP contribution in [-0.2, 0) is 20.8 Å². The van der Waals surface area contributed by atoms with Crippen LogP contribution in [0.5, 0.6) is 5.75 Å². The molecule has 0 radical (unpaired) electrons. The van der Waals surface area contributed by atoms with E-state index in [1.807, 2.05) is 12.1 Å². The molecule has 17 heavy (non-hydrogen) atoms. The molecule has 0 saturated carbocycles. The van der Waals surface area contributed by atoms with Gasteiger partial charge in [-0.2, -0.15) is 0 Å². The van der Waals surface area contributed by atoms with Crippen molar-refractivity contribution in [3.63, 3.8) is 0 Å². The van der Waals surface area contributed by atoms with Crippen molar-refractivity contribution < 1.29 is 18.9 Å². The summed E-state index contributed by atoms with van der Waals surface area (Å²) in [6, 6.07) is 5.49. The molecule has 0 bridgehead atoms. The lowest BCUT2D eigenvalue weighted by atomic mass is 10.2. The lowest BCUT2D eigenvalue weighted by Crippen LogP contribution is -2.25. The van der Waals surface area contributed by atoms with E-state index in [0.717, 1.165) is 11.3 Å². The molecule has 0 amide bonds. The van der Waals surface area contributed by atoms with E-state index in [4.69, 9.17) is 30.5 Å². The molecule has 1 aliphatic rings. The molecule has 0 N–H and O–H groups in total. The largest absolute Gasteiger partial charge is 0.491 e. The van der Waals surface area contributed by atoms with Crippen molar-refractivity contribution in [2.45, 2.75) is 12.9 Å². The van der Waals surface area contributed by atoms with Crippen molar-refractivity contribution in [2.24, 2.45) is 0 Å². The van der Waals surface area contributed by atoms with Gasteiger partial charge in [0, 0.05) is 17.7 Å². The molecule has 0 saturated heterocycles. The fourth-order valence-electron chi connectivity index (χ4n) is 1.58. The molecule has 4 nitrogen and oxygen atoms in total. The van der Waals surface area contributed by atoms with E-state index in [9.17, 15) is 0 Å². The zero-order chi connectivity index (χ0) is 12.1. The molecule has 0 fully saturated rings. The fraction of sp³-hybridized carbons (Fsp3) is 0.500. The summed E-state index contributed by atoms with van der Waals surface area (Å²) in [5, 5.41) is 0.674. The first kappa shape index (κ1) is 12.6. The van der Waals surface area contributed by atoms with Gasteiger partial charge in [0.05, 0.1) is 19.8 Å². The fourth-order valence-corrected chi connectivity index (χ4v) is 1.78. The van der Waals surface area contributed by atoms with E-state index in [2.05, 4.69) is 0 Å². The first-order chi connectivity index (χ1) is 8.29. The van der Waals surface area contributed by atoms with Gasteiger partial charge in [-0.05, 0) is 18.2 Å². The predicted molar refractivity (Wildman–Crippen MR) is 63.4 cm³/mol. The van der Waals surface area contributed by atoms with Gasteiger partial charge < -0.3 is 18.9 Å². The maximum atomic E-state index is 5.94. The monoisotopic (exact) mass is 258 g/mol. The number of halogens is 1. The van der Waals surface area contributed by atoms with Crippen molar-refractivity contribution in [2.75, 3.05) is 26.9 Å². The topological polar surface area (TPSA) is 36.9 Å². The van der Waals surface area contributed by atoms with Crippen LogP contribution in [0.1, 0.15) is 5.56 Å². The highest BCUT2D eigenvalue weighted by Crippen LogP contribution is 2.24. The van der Waals surface area contributed by atoms with Gasteiger partial charge >= 0.3 is 0 Å². The molecule has 0 aromatic heterocycles. The summed E-state index contributed by atoms with van der Waals surface area (Å²) in [5.74, 6) is 0.786. The number of ether oxygens (including phenoxy) is 4. The second kappa shape index (κ2) is 6.21. The molecule has 2 rings (SSSR count). The highest BCUT2D eigenvalue weighted by molar-refractivity contribution is 6.30. The molecule has 1 heterocycles. The molecule has 0 aliphatic carbocycles. The average molecular weight is 259 g/mol. The number of rotatable bonds is 1. The molecule has 1 aromatic carbocycles. The van der Waals surface area contributed by atoms with Gasteiger partial charge in [0.2, 0.25) is 0 Å². The Morgan fingerprint density at radius 2 is 2.24 bits per heavy atom. The Kier molecular flexibility index (Phi) is 4.62. The Hall–Kier alpha value is -0.810. The number of hydrogen-bond donors (Lipinski definition) is 0. The highest BCUT2D eigenvalue weighted by atomic mass is 35.5. The van der Waals surface area contributed by atoms with Crippen molar-refractivity contribution >= 4 is 11.6 Å². The minimum absolute atomic E-state index is 0.348. The lowest BCUT2D eigenvalue weighted by molar-refractivity contribution is -0.164. The minimum atomic E-state index is -0.348. The van der Waals surface area contributed by atoms with Gasteiger partial charge in [0.15, 0.2) is 6.29 Å². The third-order valence-corrected chi connectivity index (χ3v) is 2.68. The van der Waals surface area contributed by atoms with Crippen molar-refractivity contribution in [1.29, 1.82) is 0 Å². The van der Waals surface area contributed by atoms with Crippen LogP contribution < -0.4 is 4.74 Å². The Balaban J connectivity index is 2.09. The third kappa shape index (κ3) is 3.57. The van der Waals surface area contributed by atoms with E-state index in [1.165, 1.54) is 0 Å². The van der Waals surface area contributed by atoms with Crippen molar-refractivity contribution in [3.8, 4) is 5.75 Å². The third-order valence-electron chi connectivity index (χ3n) is 2.44. The molecule has 94 valence electrons. The van der Waals surface area contributed by atoms with Crippen LogP contribution in [0.25, 0.3) is 0 Å². The number of fused-ring (bicyclic) bond motifs is 1. The smallest absolute Gasteiger partial charge is 0.180 e. The van der Waals surface area contributed by atoms with Crippen molar-refractivity contribution in [3.05, 3.63) is 28.8 Å². The van der Waals surface area contributed by atoms with E-state index in [1.54, 1.807) is 13.2 Å². The molecule has 0 spiro atoms. The van der Waals surface area contributed by atoms with Crippen LogP contribution in [0.15, 0.2) is 18.2 Å². The van der Waals surface area contributed by atoms with Gasteiger partial charge in [-0.1, -0.05) is 11.6 Å². The summed E-state index contributed by atoms with van der Waals surface area (Å²) < 4.78 is 21.6. The second-order valence-electron chi connectivity index (χ2n) is 3.65. The van der Waals surface area contributed by atoms with Crippen LogP contribution >= 0.6 is 11.6 Å². The van der Waals surface area contributed by atoms with Crippen LogP contribution in [0.4, 0.5) is 0 Å². The lowest BCUT2D eigenvalue weighted by Gasteiger charge is -2.20. The summed E-state index contributed by atoms with van der Waals surface area (Å²) >= 11 is 5.94. The molecule has 5 heteroatoms. The SMILES string of the molecule is COC1COCc2cc(Cl)ccc2OCCO1. The van der Waals surface area contributed by atoms with Crippen LogP contribution in [0.3, 0.4) is 0 Å². The van der Waals surface area contributed by atoms with Gasteiger partial charge in [-0.3, -0.25) is 0 Å². The van der Waals surface area contributed by atoms with Gasteiger partial charge in [0.25, 0.3) is 0 Å². The molecular weight excluding hydrogens is 244 g/mol. The van der Waals surface area contributed by atoms with E-state index >= 15 is 0 Å². The summed E-state index contributed by atoms with van der Waals surface area (Å²) in [7, 11) is 1.59. The van der Waals surface area contributed by atoms with Gasteiger partial charge in [-0.25, -0.2) is 0 Å². The first-order valence-electron chi connectivity index (χ1n) is 5.43. The zero-order valence-corrected chi connectivity index (χ0v) is 10.4. The molecule has 1 atom stereocenters. The summed E-state index contributed by atoms with van der Waals surface area (Å²) in [4.78, 5) is 0. The number of methoxy groups -OCH3 is 1. The highest BCUT2D eigenvalue weighted by Gasteiger charge is 2.12. The first-order valence-corrected chi connectivity index (χ1v) is 5.81. The van der Waals surface area contributed by atoms with E-state index in [-0.39, 0.29) is 6.29 Å². The Bertz CT molecular complexity index is 370. The quantitative estimate of drug-likeness (QED) is 0.774. The predicted octanol–water partition coefficient (Wildman–Crippen LogP) is 2.24. The minimum Gasteiger partial charge on any atom is -0.491 e.